The predicted octanol–water partition coefficient (Wildman–Crippen LogP) is 2.72. The monoisotopic (exact) mass is 314 g/mol. The van der Waals surface area contributed by atoms with Crippen molar-refractivity contribution in [2.24, 2.45) is 0 Å². The molecule has 2 N–H and O–H groups in total. The van der Waals surface area contributed by atoms with Crippen molar-refractivity contribution in [2.45, 2.75) is 12.5 Å². The Morgan fingerprint density at radius 2 is 2.35 bits per heavy atom. The molecule has 0 aliphatic heterocycles. The Balaban J connectivity index is 2.19. The molecule has 0 saturated heterocycles. The highest BCUT2D eigenvalue weighted by atomic mass is 79.9. The van der Waals surface area contributed by atoms with Crippen LogP contribution in [0.2, 0.25) is 5.02 Å². The van der Waals surface area contributed by atoms with Gasteiger partial charge in [0.1, 0.15) is 0 Å². The number of hydrogen-bond donors (Lipinski definition) is 2. The molecule has 0 aliphatic carbocycles. The molecule has 0 saturated carbocycles. The number of likely N-dealkylation sites (N-methyl/N-ethyl adjacent to an activating group) is 1. The van der Waals surface area contributed by atoms with Crippen LogP contribution in [-0.2, 0) is 6.42 Å². The average molecular weight is 316 g/mol. The predicted molar refractivity (Wildman–Crippen MR) is 71.0 cm³/mol. The summed E-state index contributed by atoms with van der Waals surface area (Å²) in [7, 11) is 1.89. The smallest absolute Gasteiger partial charge is 0.0997 e. The minimum absolute atomic E-state index is 0.104. The van der Waals surface area contributed by atoms with Crippen LogP contribution in [-0.4, -0.2) is 22.5 Å². The van der Waals surface area contributed by atoms with E-state index in [2.05, 4.69) is 36.7 Å². The van der Waals surface area contributed by atoms with E-state index in [0.29, 0.717) is 0 Å². The molecule has 0 spiro atoms. The van der Waals surface area contributed by atoms with Gasteiger partial charge in [-0.1, -0.05) is 33.6 Å². The zero-order valence-electron chi connectivity index (χ0n) is 9.24. The van der Waals surface area contributed by atoms with Gasteiger partial charge in [-0.2, -0.15) is 15.4 Å². The second-order valence-electron chi connectivity index (χ2n) is 3.68. The molecule has 0 radical (unpaired) electrons. The number of rotatable bonds is 4. The Bertz CT molecular complexity index is 486. The first-order chi connectivity index (χ1) is 8.20. The molecule has 2 aromatic rings. The molecule has 0 fully saturated rings. The average Bonchev–Trinajstić information content (AvgIpc) is 2.81. The number of nitrogens with zero attached hydrogens (tertiary/aromatic N) is 2. The highest BCUT2D eigenvalue weighted by molar-refractivity contribution is 9.10. The molecule has 1 heterocycles. The number of halogens is 2. The van der Waals surface area contributed by atoms with Crippen molar-refractivity contribution in [1.29, 1.82) is 0 Å². The van der Waals surface area contributed by atoms with Gasteiger partial charge in [0.25, 0.3) is 0 Å². The van der Waals surface area contributed by atoms with Crippen LogP contribution in [0.5, 0.6) is 0 Å². The molecule has 0 aliphatic rings. The zero-order chi connectivity index (χ0) is 12.3. The van der Waals surface area contributed by atoms with E-state index in [1.807, 2.05) is 25.2 Å². The zero-order valence-corrected chi connectivity index (χ0v) is 11.6. The molecule has 0 bridgehead atoms. The maximum atomic E-state index is 6.19. The number of hydrogen-bond acceptors (Lipinski definition) is 3. The van der Waals surface area contributed by atoms with Crippen LogP contribution in [0.15, 0.2) is 28.9 Å². The molecule has 1 atom stereocenters. The highest BCUT2D eigenvalue weighted by Crippen LogP contribution is 2.25. The third-order valence-corrected chi connectivity index (χ3v) is 3.42. The van der Waals surface area contributed by atoms with Crippen molar-refractivity contribution in [3.8, 4) is 0 Å². The fraction of sp³-hybridized carbons (Fsp3) is 0.273. The standard InChI is InChI=1S/C11H12BrClN4/c1-14-10(11-6-15-17-16-11)4-7-2-3-8(12)5-9(7)13/h2-3,5-6,10,14H,4H2,1H3,(H,15,16,17). The van der Waals surface area contributed by atoms with Crippen molar-refractivity contribution >= 4 is 27.5 Å². The largest absolute Gasteiger partial charge is 0.311 e. The van der Waals surface area contributed by atoms with Crippen molar-refractivity contribution < 1.29 is 0 Å². The molecule has 6 heteroatoms. The van der Waals surface area contributed by atoms with E-state index in [1.54, 1.807) is 6.20 Å². The van der Waals surface area contributed by atoms with Gasteiger partial charge < -0.3 is 5.32 Å². The molecule has 1 unspecified atom stereocenters. The van der Waals surface area contributed by atoms with Crippen LogP contribution in [0.3, 0.4) is 0 Å². The van der Waals surface area contributed by atoms with E-state index >= 15 is 0 Å². The molecule has 1 aromatic carbocycles. The maximum absolute atomic E-state index is 6.19. The van der Waals surface area contributed by atoms with Gasteiger partial charge in [-0.15, -0.1) is 0 Å². The summed E-state index contributed by atoms with van der Waals surface area (Å²) in [6.45, 7) is 0. The molecule has 1 aromatic heterocycles. The van der Waals surface area contributed by atoms with Crippen LogP contribution in [0.4, 0.5) is 0 Å². The number of aromatic amines is 1. The van der Waals surface area contributed by atoms with Gasteiger partial charge in [0.2, 0.25) is 0 Å². The Kier molecular flexibility index (Phi) is 4.15. The molecular formula is C11H12BrClN4. The lowest BCUT2D eigenvalue weighted by Gasteiger charge is -2.14. The summed E-state index contributed by atoms with van der Waals surface area (Å²) in [5, 5.41) is 14.5. The number of aromatic nitrogens is 3. The first-order valence-corrected chi connectivity index (χ1v) is 6.34. The first-order valence-electron chi connectivity index (χ1n) is 5.17. The SMILES string of the molecule is CNC(Cc1ccc(Br)cc1Cl)c1cn[nH]n1. The van der Waals surface area contributed by atoms with Crippen molar-refractivity contribution in [1.82, 2.24) is 20.7 Å². The van der Waals surface area contributed by atoms with Crippen molar-refractivity contribution in [3.05, 3.63) is 45.1 Å². The van der Waals surface area contributed by atoms with Crippen LogP contribution in [0.25, 0.3) is 0 Å². The Labute approximate surface area is 113 Å². The van der Waals surface area contributed by atoms with Crippen LogP contribution < -0.4 is 5.32 Å². The Morgan fingerprint density at radius 1 is 1.53 bits per heavy atom. The van der Waals surface area contributed by atoms with Gasteiger partial charge in [-0.05, 0) is 31.2 Å². The Hall–Kier alpha value is -0.910. The van der Waals surface area contributed by atoms with E-state index in [9.17, 15) is 0 Å². The second kappa shape index (κ2) is 5.62. The summed E-state index contributed by atoms with van der Waals surface area (Å²) in [6, 6.07) is 5.99. The second-order valence-corrected chi connectivity index (χ2v) is 5.00. The third-order valence-electron chi connectivity index (χ3n) is 2.58. The summed E-state index contributed by atoms with van der Waals surface area (Å²) >= 11 is 9.58. The normalized spacial score (nSPS) is 12.6. The lowest BCUT2D eigenvalue weighted by atomic mass is 10.0. The molecule has 2 rings (SSSR count). The van der Waals surface area contributed by atoms with E-state index in [1.165, 1.54) is 0 Å². The van der Waals surface area contributed by atoms with E-state index in [-0.39, 0.29) is 6.04 Å². The van der Waals surface area contributed by atoms with Crippen LogP contribution in [0.1, 0.15) is 17.3 Å². The molecule has 17 heavy (non-hydrogen) atoms. The first kappa shape index (κ1) is 12.5. The van der Waals surface area contributed by atoms with Gasteiger partial charge in [-0.3, -0.25) is 0 Å². The summed E-state index contributed by atoms with van der Waals surface area (Å²) in [4.78, 5) is 0. The topological polar surface area (TPSA) is 53.6 Å². The molecule has 0 amide bonds. The molecular weight excluding hydrogens is 304 g/mol. The Morgan fingerprint density at radius 3 is 2.94 bits per heavy atom. The summed E-state index contributed by atoms with van der Waals surface area (Å²) < 4.78 is 0.980. The van der Waals surface area contributed by atoms with E-state index in [4.69, 9.17) is 11.6 Å². The number of H-pyrrole nitrogens is 1. The minimum atomic E-state index is 0.104. The lowest BCUT2D eigenvalue weighted by Crippen LogP contribution is -2.19. The van der Waals surface area contributed by atoms with Gasteiger partial charge in [-0.25, -0.2) is 0 Å². The fourth-order valence-electron chi connectivity index (χ4n) is 1.64. The third kappa shape index (κ3) is 3.06. The van der Waals surface area contributed by atoms with Crippen molar-refractivity contribution in [3.63, 3.8) is 0 Å². The van der Waals surface area contributed by atoms with Gasteiger partial charge in [0, 0.05) is 9.50 Å². The maximum Gasteiger partial charge on any atom is 0.0997 e. The van der Waals surface area contributed by atoms with Crippen LogP contribution in [0, 0.1) is 0 Å². The summed E-state index contributed by atoms with van der Waals surface area (Å²) in [6.07, 6.45) is 2.49. The van der Waals surface area contributed by atoms with Gasteiger partial charge in [0.15, 0.2) is 0 Å². The van der Waals surface area contributed by atoms with Gasteiger partial charge >= 0.3 is 0 Å². The van der Waals surface area contributed by atoms with E-state index < -0.39 is 0 Å². The number of benzene rings is 1. The van der Waals surface area contributed by atoms with Gasteiger partial charge in [0.05, 0.1) is 17.9 Å². The summed E-state index contributed by atoms with van der Waals surface area (Å²) in [5.74, 6) is 0. The molecule has 90 valence electrons. The van der Waals surface area contributed by atoms with Crippen molar-refractivity contribution in [2.75, 3.05) is 7.05 Å². The van der Waals surface area contributed by atoms with E-state index in [0.717, 1.165) is 27.2 Å². The number of nitrogens with one attached hydrogen (secondary N) is 2. The minimum Gasteiger partial charge on any atom is -0.311 e. The fourth-order valence-corrected chi connectivity index (χ4v) is 2.39. The highest BCUT2D eigenvalue weighted by Gasteiger charge is 2.14. The lowest BCUT2D eigenvalue weighted by molar-refractivity contribution is 0.574. The van der Waals surface area contributed by atoms with Crippen LogP contribution >= 0.6 is 27.5 Å². The molecule has 4 nitrogen and oxygen atoms in total. The quantitative estimate of drug-likeness (QED) is 0.912. The summed E-state index contributed by atoms with van der Waals surface area (Å²) in [5.41, 5.74) is 1.96.